The van der Waals surface area contributed by atoms with Gasteiger partial charge in [-0.05, 0) is 30.7 Å². The Balaban J connectivity index is 2.36. The van der Waals surface area contributed by atoms with Crippen LogP contribution in [0, 0.1) is 18.3 Å². The van der Waals surface area contributed by atoms with Crippen LogP contribution in [0.2, 0.25) is 5.02 Å². The van der Waals surface area contributed by atoms with E-state index in [1.54, 1.807) is 41.8 Å². The molecule has 1 heterocycles. The summed E-state index contributed by atoms with van der Waals surface area (Å²) in [5.41, 5.74) is 8.05. The lowest BCUT2D eigenvalue weighted by atomic mass is 10.2. The smallest absolute Gasteiger partial charge is 0.266 e. The van der Waals surface area contributed by atoms with Gasteiger partial charge in [0, 0.05) is 11.4 Å². The van der Waals surface area contributed by atoms with E-state index in [1.165, 1.54) is 0 Å². The molecule has 116 valence electrons. The van der Waals surface area contributed by atoms with E-state index in [4.69, 9.17) is 26.8 Å². The van der Waals surface area contributed by atoms with E-state index in [0.29, 0.717) is 16.3 Å². The molecule has 0 spiro atoms. The van der Waals surface area contributed by atoms with Crippen LogP contribution in [0.4, 0.5) is 0 Å². The zero-order chi connectivity index (χ0) is 16.5. The van der Waals surface area contributed by atoms with Crippen LogP contribution in [0.5, 0.6) is 0 Å². The van der Waals surface area contributed by atoms with Gasteiger partial charge in [0.05, 0.1) is 11.3 Å². The molecule has 1 aromatic heterocycles. The number of hydrogen-bond donors (Lipinski definition) is 1. The van der Waals surface area contributed by atoms with Gasteiger partial charge in [-0.25, -0.2) is 4.18 Å². The molecule has 0 saturated heterocycles. The average molecular weight is 340 g/mol. The van der Waals surface area contributed by atoms with Gasteiger partial charge in [-0.2, -0.15) is 13.7 Å². The fourth-order valence-corrected chi connectivity index (χ4v) is 2.72. The SMILES string of the molecule is Cc1c(Cl)cc(C#N)n1-c1ccc(C(N)OS(C)(=O)=O)cc1. The van der Waals surface area contributed by atoms with Crippen LogP contribution in [0.25, 0.3) is 5.69 Å². The number of rotatable bonds is 4. The summed E-state index contributed by atoms with van der Waals surface area (Å²) in [6, 6.07) is 10.4. The van der Waals surface area contributed by atoms with Gasteiger partial charge in [0.25, 0.3) is 10.1 Å². The first-order valence-electron chi connectivity index (χ1n) is 6.25. The highest BCUT2D eigenvalue weighted by atomic mass is 35.5. The van der Waals surface area contributed by atoms with Crippen LogP contribution in [-0.4, -0.2) is 19.2 Å². The Morgan fingerprint density at radius 1 is 1.36 bits per heavy atom. The summed E-state index contributed by atoms with van der Waals surface area (Å²) < 4.78 is 28.6. The largest absolute Gasteiger partial charge is 0.304 e. The molecule has 1 aromatic carbocycles. The van der Waals surface area contributed by atoms with Gasteiger partial charge in [0.15, 0.2) is 6.23 Å². The molecule has 22 heavy (non-hydrogen) atoms. The summed E-state index contributed by atoms with van der Waals surface area (Å²) in [5.74, 6) is 0. The Morgan fingerprint density at radius 3 is 2.45 bits per heavy atom. The standard InChI is InChI=1S/C14H14ClN3O3S/c1-9-13(15)7-12(8-16)18(9)11-5-3-10(4-6-11)14(17)21-22(2,19)20/h3-7,14H,17H2,1-2H3. The maximum Gasteiger partial charge on any atom is 0.266 e. The summed E-state index contributed by atoms with van der Waals surface area (Å²) in [6.45, 7) is 1.80. The predicted octanol–water partition coefficient (Wildman–Crippen LogP) is 2.24. The second-order valence-corrected chi connectivity index (χ2v) is 6.73. The van der Waals surface area contributed by atoms with Crippen LogP contribution in [0.3, 0.4) is 0 Å². The van der Waals surface area contributed by atoms with E-state index < -0.39 is 16.3 Å². The fraction of sp³-hybridized carbons (Fsp3) is 0.214. The van der Waals surface area contributed by atoms with Crippen molar-refractivity contribution < 1.29 is 12.6 Å². The summed E-state index contributed by atoms with van der Waals surface area (Å²) in [6.07, 6.45) is -0.139. The van der Waals surface area contributed by atoms with Crippen LogP contribution in [0.15, 0.2) is 30.3 Å². The van der Waals surface area contributed by atoms with Crippen LogP contribution in [0.1, 0.15) is 23.2 Å². The Hall–Kier alpha value is -1.85. The number of nitrogens with two attached hydrogens (primary N) is 1. The third-order valence-electron chi connectivity index (χ3n) is 3.06. The van der Waals surface area contributed by atoms with E-state index in [1.807, 2.05) is 0 Å². The van der Waals surface area contributed by atoms with Crippen LogP contribution >= 0.6 is 11.6 Å². The van der Waals surface area contributed by atoms with Crippen molar-refractivity contribution in [2.75, 3.05) is 6.26 Å². The zero-order valence-corrected chi connectivity index (χ0v) is 13.5. The van der Waals surface area contributed by atoms with Crippen LogP contribution < -0.4 is 5.73 Å². The van der Waals surface area contributed by atoms with E-state index in [9.17, 15) is 8.42 Å². The third-order valence-corrected chi connectivity index (χ3v) is 4.00. The van der Waals surface area contributed by atoms with E-state index in [-0.39, 0.29) is 0 Å². The van der Waals surface area contributed by atoms with Gasteiger partial charge >= 0.3 is 0 Å². The first kappa shape index (κ1) is 16.5. The molecule has 2 aromatic rings. The highest BCUT2D eigenvalue weighted by Gasteiger charge is 2.15. The Bertz CT molecular complexity index is 835. The molecule has 6 nitrogen and oxygen atoms in total. The van der Waals surface area contributed by atoms with Gasteiger partial charge in [-0.15, -0.1) is 0 Å². The Morgan fingerprint density at radius 2 is 1.95 bits per heavy atom. The molecule has 2 rings (SSSR count). The second-order valence-electron chi connectivity index (χ2n) is 4.72. The summed E-state index contributed by atoms with van der Waals surface area (Å²) >= 11 is 6.04. The van der Waals surface area contributed by atoms with Gasteiger partial charge in [0.1, 0.15) is 11.8 Å². The zero-order valence-electron chi connectivity index (χ0n) is 11.9. The maximum absolute atomic E-state index is 11.1. The molecule has 0 amide bonds. The normalized spacial score (nSPS) is 12.9. The number of hydrogen-bond acceptors (Lipinski definition) is 5. The van der Waals surface area contributed by atoms with Crippen molar-refractivity contribution in [1.29, 1.82) is 5.26 Å². The fourth-order valence-electron chi connectivity index (χ4n) is 2.05. The first-order chi connectivity index (χ1) is 10.2. The number of aromatic nitrogens is 1. The Labute approximate surface area is 133 Å². The molecule has 2 N–H and O–H groups in total. The quantitative estimate of drug-likeness (QED) is 0.680. The lowest BCUT2D eigenvalue weighted by Gasteiger charge is -2.13. The molecule has 8 heteroatoms. The van der Waals surface area contributed by atoms with Gasteiger partial charge in [-0.1, -0.05) is 23.7 Å². The molecule has 0 aliphatic rings. The number of nitriles is 1. The minimum atomic E-state index is -3.64. The maximum atomic E-state index is 11.1. The van der Waals surface area contributed by atoms with Gasteiger partial charge < -0.3 is 10.3 Å². The van der Waals surface area contributed by atoms with Crippen LogP contribution in [-0.2, 0) is 14.3 Å². The Kier molecular flexibility index (Phi) is 4.58. The second kappa shape index (κ2) is 6.10. The highest BCUT2D eigenvalue weighted by Crippen LogP contribution is 2.25. The first-order valence-corrected chi connectivity index (χ1v) is 8.44. The van der Waals surface area contributed by atoms with Crippen molar-refractivity contribution in [1.82, 2.24) is 4.57 Å². The highest BCUT2D eigenvalue weighted by molar-refractivity contribution is 7.86. The summed E-state index contributed by atoms with van der Waals surface area (Å²) in [7, 11) is -3.64. The minimum Gasteiger partial charge on any atom is -0.304 e. The molecule has 0 aliphatic carbocycles. The van der Waals surface area contributed by atoms with Crippen molar-refractivity contribution in [3.63, 3.8) is 0 Å². The van der Waals surface area contributed by atoms with Gasteiger partial charge in [0.2, 0.25) is 0 Å². The molecule has 0 aliphatic heterocycles. The van der Waals surface area contributed by atoms with Crippen molar-refractivity contribution in [3.8, 4) is 11.8 Å². The van der Waals surface area contributed by atoms with Crippen molar-refractivity contribution in [2.24, 2.45) is 5.73 Å². The lowest BCUT2D eigenvalue weighted by molar-refractivity contribution is 0.224. The van der Waals surface area contributed by atoms with E-state index in [0.717, 1.165) is 17.6 Å². The van der Waals surface area contributed by atoms with Gasteiger partial charge in [-0.3, -0.25) is 0 Å². The molecular weight excluding hydrogens is 326 g/mol. The molecule has 1 atom stereocenters. The number of halogens is 1. The molecule has 0 bridgehead atoms. The summed E-state index contributed by atoms with van der Waals surface area (Å²) in [5, 5.41) is 9.65. The molecule has 0 saturated carbocycles. The molecule has 0 radical (unpaired) electrons. The number of nitrogens with zero attached hydrogens (tertiary/aromatic N) is 2. The van der Waals surface area contributed by atoms with Crippen molar-refractivity contribution in [2.45, 2.75) is 13.2 Å². The third kappa shape index (κ3) is 3.48. The minimum absolute atomic E-state index is 0.409. The van der Waals surface area contributed by atoms with E-state index in [2.05, 4.69) is 6.07 Å². The molecule has 1 unspecified atom stereocenters. The number of benzene rings is 1. The average Bonchev–Trinajstić information content (AvgIpc) is 2.72. The summed E-state index contributed by atoms with van der Waals surface area (Å²) in [4.78, 5) is 0. The van der Waals surface area contributed by atoms with Crippen molar-refractivity contribution in [3.05, 3.63) is 52.3 Å². The molecular formula is C14H14ClN3O3S. The van der Waals surface area contributed by atoms with Crippen molar-refractivity contribution >= 4 is 21.7 Å². The molecule has 0 fully saturated rings. The predicted molar refractivity (Wildman–Crippen MR) is 83.1 cm³/mol. The topological polar surface area (TPSA) is 98.1 Å². The lowest BCUT2D eigenvalue weighted by Crippen LogP contribution is -2.18. The monoisotopic (exact) mass is 339 g/mol. The van der Waals surface area contributed by atoms with E-state index >= 15 is 0 Å².